The van der Waals surface area contributed by atoms with Crippen LogP contribution in [0.4, 0.5) is 0 Å². The maximum Gasteiger partial charge on any atom is 0.0997 e. The molecule has 0 aromatic heterocycles. The Bertz CT molecular complexity index is 461. The molecule has 0 heterocycles. The molecule has 0 aliphatic rings. The van der Waals surface area contributed by atoms with Crippen LogP contribution in [-0.4, -0.2) is 0 Å². The first-order chi connectivity index (χ1) is 7.76. The average molecular weight is 274 g/mol. The van der Waals surface area contributed by atoms with Gasteiger partial charge in [-0.15, -0.1) is 0 Å². The smallest absolute Gasteiger partial charge is 0.0997 e. The Morgan fingerprint density at radius 1 is 1.25 bits per heavy atom. The maximum absolute atomic E-state index is 8.96. The molecule has 0 aliphatic carbocycles. The molecule has 2 heteroatoms. The van der Waals surface area contributed by atoms with E-state index < -0.39 is 0 Å². The highest BCUT2D eigenvalue weighted by Crippen LogP contribution is 2.21. The number of nitrogens with zero attached hydrogens (tertiary/aromatic N) is 1. The molecule has 1 aromatic carbocycles. The van der Waals surface area contributed by atoms with Crippen molar-refractivity contribution in [3.05, 3.63) is 66.3 Å². The first kappa shape index (κ1) is 12.5. The van der Waals surface area contributed by atoms with Gasteiger partial charge in [0.25, 0.3) is 0 Å². The quantitative estimate of drug-likeness (QED) is 0.458. The summed E-state index contributed by atoms with van der Waals surface area (Å²) >= 11 is 3.39. The van der Waals surface area contributed by atoms with E-state index in [-0.39, 0.29) is 0 Å². The van der Waals surface area contributed by atoms with Crippen LogP contribution in [-0.2, 0) is 5.33 Å². The molecular weight excluding hydrogens is 262 g/mol. The monoisotopic (exact) mass is 273 g/mol. The minimum atomic E-state index is 0.543. The van der Waals surface area contributed by atoms with Crippen molar-refractivity contribution < 1.29 is 0 Å². The van der Waals surface area contributed by atoms with Gasteiger partial charge in [-0.3, -0.25) is 0 Å². The van der Waals surface area contributed by atoms with Crippen molar-refractivity contribution in [1.29, 1.82) is 5.26 Å². The summed E-state index contributed by atoms with van der Waals surface area (Å²) in [5.41, 5.74) is 3.54. The normalized spacial score (nSPS) is 11.2. The van der Waals surface area contributed by atoms with Gasteiger partial charge in [0.1, 0.15) is 0 Å². The molecule has 0 fully saturated rings. The average Bonchev–Trinajstić information content (AvgIpc) is 2.36. The number of halogens is 1. The molecule has 1 nitrogen and oxygen atoms in total. The summed E-state index contributed by atoms with van der Waals surface area (Å²) in [6.07, 6.45) is 3.23. The third kappa shape index (κ3) is 2.71. The van der Waals surface area contributed by atoms with E-state index in [1.807, 2.05) is 24.3 Å². The van der Waals surface area contributed by atoms with Crippen LogP contribution < -0.4 is 0 Å². The molecule has 1 rings (SSSR count). The van der Waals surface area contributed by atoms with Crippen LogP contribution in [0.1, 0.15) is 11.1 Å². The lowest BCUT2D eigenvalue weighted by atomic mass is 9.99. The third-order valence-corrected chi connectivity index (χ3v) is 2.89. The second kappa shape index (κ2) is 6.09. The SMILES string of the molecule is C=C/C(C#N)=C(\C=C)c1ccc(CBr)cc1. The summed E-state index contributed by atoms with van der Waals surface area (Å²) in [6.45, 7) is 7.36. The molecular formula is C14H12BrN. The molecule has 0 saturated heterocycles. The molecule has 0 atom stereocenters. The molecule has 0 saturated carbocycles. The van der Waals surface area contributed by atoms with E-state index in [0.29, 0.717) is 5.57 Å². The number of rotatable bonds is 4. The highest BCUT2D eigenvalue weighted by Gasteiger charge is 2.03. The maximum atomic E-state index is 8.96. The third-order valence-electron chi connectivity index (χ3n) is 2.24. The second-order valence-corrected chi connectivity index (χ2v) is 3.74. The minimum absolute atomic E-state index is 0.543. The zero-order valence-corrected chi connectivity index (χ0v) is 10.5. The van der Waals surface area contributed by atoms with Crippen molar-refractivity contribution in [2.75, 3.05) is 0 Å². The van der Waals surface area contributed by atoms with Crippen molar-refractivity contribution in [2.24, 2.45) is 0 Å². The molecule has 0 bridgehead atoms. The summed E-state index contributed by atoms with van der Waals surface area (Å²) in [5.74, 6) is 0. The largest absolute Gasteiger partial charge is 0.192 e. The molecule has 0 aliphatic heterocycles. The van der Waals surface area contributed by atoms with Gasteiger partial charge in [-0.2, -0.15) is 5.26 Å². The van der Waals surface area contributed by atoms with Crippen molar-refractivity contribution in [3.63, 3.8) is 0 Å². The van der Waals surface area contributed by atoms with Crippen LogP contribution in [0.25, 0.3) is 5.57 Å². The first-order valence-corrected chi connectivity index (χ1v) is 5.93. The molecule has 0 unspecified atom stereocenters. The summed E-state index contributed by atoms with van der Waals surface area (Å²) in [4.78, 5) is 0. The number of alkyl halides is 1. The van der Waals surface area contributed by atoms with Gasteiger partial charge in [0, 0.05) is 5.33 Å². The zero-order valence-electron chi connectivity index (χ0n) is 8.91. The number of allylic oxidation sites excluding steroid dienone is 4. The van der Waals surface area contributed by atoms with Gasteiger partial charge in [-0.25, -0.2) is 0 Å². The van der Waals surface area contributed by atoms with Crippen molar-refractivity contribution >= 4 is 21.5 Å². The van der Waals surface area contributed by atoms with Crippen LogP contribution in [0.2, 0.25) is 0 Å². The molecule has 0 radical (unpaired) electrons. The van der Waals surface area contributed by atoms with E-state index >= 15 is 0 Å². The highest BCUT2D eigenvalue weighted by atomic mass is 79.9. The van der Waals surface area contributed by atoms with E-state index in [9.17, 15) is 0 Å². The molecule has 0 N–H and O–H groups in total. The van der Waals surface area contributed by atoms with E-state index in [4.69, 9.17) is 5.26 Å². The molecule has 0 amide bonds. The van der Waals surface area contributed by atoms with Gasteiger partial charge in [-0.1, -0.05) is 65.5 Å². The van der Waals surface area contributed by atoms with Crippen LogP contribution in [0, 0.1) is 11.3 Å². The van der Waals surface area contributed by atoms with Crippen LogP contribution in [0.15, 0.2) is 55.1 Å². The van der Waals surface area contributed by atoms with Crippen molar-refractivity contribution in [2.45, 2.75) is 5.33 Å². The summed E-state index contributed by atoms with van der Waals surface area (Å²) in [5, 5.41) is 9.78. The van der Waals surface area contributed by atoms with Crippen LogP contribution in [0.3, 0.4) is 0 Å². The Hall–Kier alpha value is -1.59. The van der Waals surface area contributed by atoms with Gasteiger partial charge in [0.15, 0.2) is 0 Å². The number of hydrogen-bond donors (Lipinski definition) is 0. The van der Waals surface area contributed by atoms with E-state index in [2.05, 4.69) is 35.2 Å². The van der Waals surface area contributed by atoms with Gasteiger partial charge in [0.2, 0.25) is 0 Å². The van der Waals surface area contributed by atoms with Crippen molar-refractivity contribution in [1.82, 2.24) is 0 Å². The predicted octanol–water partition coefficient (Wildman–Crippen LogP) is 4.23. The minimum Gasteiger partial charge on any atom is -0.192 e. The molecule has 16 heavy (non-hydrogen) atoms. The van der Waals surface area contributed by atoms with Crippen molar-refractivity contribution in [3.8, 4) is 6.07 Å². The van der Waals surface area contributed by atoms with Gasteiger partial charge < -0.3 is 0 Å². The van der Waals surface area contributed by atoms with Crippen LogP contribution >= 0.6 is 15.9 Å². The topological polar surface area (TPSA) is 23.8 Å². The fourth-order valence-corrected chi connectivity index (χ4v) is 1.75. The zero-order chi connectivity index (χ0) is 12.0. The molecule has 0 spiro atoms. The fourth-order valence-electron chi connectivity index (χ4n) is 1.37. The summed E-state index contributed by atoms with van der Waals surface area (Å²) in [6, 6.07) is 10.1. The van der Waals surface area contributed by atoms with Gasteiger partial charge >= 0.3 is 0 Å². The molecule has 80 valence electrons. The van der Waals surface area contributed by atoms with E-state index in [1.165, 1.54) is 5.56 Å². The van der Waals surface area contributed by atoms with E-state index in [1.54, 1.807) is 12.2 Å². The Morgan fingerprint density at radius 3 is 2.25 bits per heavy atom. The second-order valence-electron chi connectivity index (χ2n) is 3.18. The lowest BCUT2D eigenvalue weighted by molar-refractivity contribution is 1.42. The summed E-state index contributed by atoms with van der Waals surface area (Å²) < 4.78 is 0. The predicted molar refractivity (Wildman–Crippen MR) is 72.0 cm³/mol. The van der Waals surface area contributed by atoms with E-state index in [0.717, 1.165) is 16.5 Å². The Kier molecular flexibility index (Phi) is 4.75. The Labute approximate surface area is 105 Å². The Morgan fingerprint density at radius 2 is 1.88 bits per heavy atom. The fraction of sp³-hybridized carbons (Fsp3) is 0.0714. The van der Waals surface area contributed by atoms with Gasteiger partial charge in [-0.05, 0) is 16.7 Å². The number of benzene rings is 1. The standard InChI is InChI=1S/C14H12BrN/c1-3-12(10-16)14(4-2)13-7-5-11(9-15)6-8-13/h3-8H,1-2,9H2/b14-12-. The number of hydrogen-bond acceptors (Lipinski definition) is 1. The lowest BCUT2D eigenvalue weighted by Gasteiger charge is -2.04. The van der Waals surface area contributed by atoms with Crippen LogP contribution in [0.5, 0.6) is 0 Å². The summed E-state index contributed by atoms with van der Waals surface area (Å²) in [7, 11) is 0. The lowest BCUT2D eigenvalue weighted by Crippen LogP contribution is -1.86. The highest BCUT2D eigenvalue weighted by molar-refractivity contribution is 9.08. The first-order valence-electron chi connectivity index (χ1n) is 4.81. The van der Waals surface area contributed by atoms with Gasteiger partial charge in [0.05, 0.1) is 11.6 Å². The number of nitriles is 1. The molecule has 1 aromatic rings. The Balaban J connectivity index is 3.25.